The maximum Gasteiger partial charge on any atom is 0.310 e. The van der Waals surface area contributed by atoms with E-state index in [-0.39, 0.29) is 17.8 Å². The average Bonchev–Trinajstić information content (AvgIpc) is 2.98. The Morgan fingerprint density at radius 1 is 1.24 bits per heavy atom. The number of carbonyl (C=O) groups excluding carboxylic acids is 1. The SMILES string of the molecule is CCOC(=O)C1CNCC1c1ccc(OCC)c(OC)c1. The maximum atomic E-state index is 12.0. The van der Waals surface area contributed by atoms with Gasteiger partial charge in [0.15, 0.2) is 11.5 Å². The van der Waals surface area contributed by atoms with Gasteiger partial charge in [0.25, 0.3) is 0 Å². The van der Waals surface area contributed by atoms with Gasteiger partial charge in [-0.1, -0.05) is 6.07 Å². The van der Waals surface area contributed by atoms with Gasteiger partial charge in [-0.3, -0.25) is 4.79 Å². The molecule has 1 aromatic carbocycles. The van der Waals surface area contributed by atoms with Gasteiger partial charge in [-0.15, -0.1) is 0 Å². The second-order valence-corrected chi connectivity index (χ2v) is 4.97. The number of carbonyl (C=O) groups is 1. The molecule has 1 aliphatic heterocycles. The Labute approximate surface area is 125 Å². The van der Waals surface area contributed by atoms with Crippen molar-refractivity contribution in [3.63, 3.8) is 0 Å². The zero-order chi connectivity index (χ0) is 15.2. The van der Waals surface area contributed by atoms with Gasteiger partial charge in [-0.2, -0.15) is 0 Å². The molecule has 0 saturated carbocycles. The summed E-state index contributed by atoms with van der Waals surface area (Å²) < 4.78 is 16.1. The summed E-state index contributed by atoms with van der Waals surface area (Å²) in [5.74, 6) is 1.24. The molecule has 0 bridgehead atoms. The fraction of sp³-hybridized carbons (Fsp3) is 0.562. The molecule has 2 rings (SSSR count). The number of methoxy groups -OCH3 is 1. The summed E-state index contributed by atoms with van der Waals surface area (Å²) in [5, 5.41) is 3.26. The Hall–Kier alpha value is -1.75. The maximum absolute atomic E-state index is 12.0. The van der Waals surface area contributed by atoms with E-state index >= 15 is 0 Å². The average molecular weight is 293 g/mol. The molecule has 5 nitrogen and oxygen atoms in total. The number of hydrogen-bond acceptors (Lipinski definition) is 5. The highest BCUT2D eigenvalue weighted by Gasteiger charge is 2.35. The molecule has 0 aromatic heterocycles. The van der Waals surface area contributed by atoms with Crippen LogP contribution in [0.1, 0.15) is 25.3 Å². The Kier molecular flexibility index (Phi) is 5.44. The van der Waals surface area contributed by atoms with Crippen LogP contribution in [0.15, 0.2) is 18.2 Å². The topological polar surface area (TPSA) is 56.8 Å². The summed E-state index contributed by atoms with van der Waals surface area (Å²) in [6, 6.07) is 5.85. The van der Waals surface area contributed by atoms with Gasteiger partial charge in [0.1, 0.15) is 0 Å². The fourth-order valence-electron chi connectivity index (χ4n) is 2.72. The monoisotopic (exact) mass is 293 g/mol. The van der Waals surface area contributed by atoms with Crippen molar-refractivity contribution in [3.05, 3.63) is 23.8 Å². The minimum Gasteiger partial charge on any atom is -0.493 e. The summed E-state index contributed by atoms with van der Waals surface area (Å²) in [6.07, 6.45) is 0. The molecular formula is C16H23NO4. The highest BCUT2D eigenvalue weighted by Crippen LogP contribution is 2.35. The number of benzene rings is 1. The van der Waals surface area contributed by atoms with Crippen LogP contribution in [0.3, 0.4) is 0 Å². The second-order valence-electron chi connectivity index (χ2n) is 4.97. The van der Waals surface area contributed by atoms with E-state index in [9.17, 15) is 4.79 Å². The molecule has 0 radical (unpaired) electrons. The van der Waals surface area contributed by atoms with E-state index in [4.69, 9.17) is 14.2 Å². The normalized spacial score (nSPS) is 21.1. The van der Waals surface area contributed by atoms with E-state index in [0.717, 1.165) is 17.9 Å². The molecule has 0 spiro atoms. The minimum atomic E-state index is -0.146. The fourth-order valence-corrected chi connectivity index (χ4v) is 2.72. The van der Waals surface area contributed by atoms with Crippen LogP contribution in [0.25, 0.3) is 0 Å². The van der Waals surface area contributed by atoms with Crippen LogP contribution in [-0.2, 0) is 9.53 Å². The van der Waals surface area contributed by atoms with Crippen LogP contribution in [-0.4, -0.2) is 39.4 Å². The van der Waals surface area contributed by atoms with E-state index in [1.54, 1.807) is 7.11 Å². The molecule has 1 aliphatic rings. The van der Waals surface area contributed by atoms with Crippen molar-refractivity contribution in [1.82, 2.24) is 5.32 Å². The van der Waals surface area contributed by atoms with E-state index in [1.807, 2.05) is 32.0 Å². The van der Waals surface area contributed by atoms with Gasteiger partial charge < -0.3 is 19.5 Å². The van der Waals surface area contributed by atoms with Crippen molar-refractivity contribution in [3.8, 4) is 11.5 Å². The van der Waals surface area contributed by atoms with Gasteiger partial charge >= 0.3 is 5.97 Å². The Bertz CT molecular complexity index is 489. The number of esters is 1. The molecule has 1 heterocycles. The summed E-state index contributed by atoms with van der Waals surface area (Å²) in [5.41, 5.74) is 1.07. The third-order valence-electron chi connectivity index (χ3n) is 3.72. The van der Waals surface area contributed by atoms with Crippen LogP contribution in [0.4, 0.5) is 0 Å². The molecule has 5 heteroatoms. The number of rotatable bonds is 6. The number of hydrogen-bond donors (Lipinski definition) is 1. The largest absolute Gasteiger partial charge is 0.493 e. The second kappa shape index (κ2) is 7.31. The van der Waals surface area contributed by atoms with E-state index in [2.05, 4.69) is 5.32 Å². The van der Waals surface area contributed by atoms with E-state index in [1.165, 1.54) is 0 Å². The first-order chi connectivity index (χ1) is 10.2. The lowest BCUT2D eigenvalue weighted by Crippen LogP contribution is -2.24. The van der Waals surface area contributed by atoms with E-state index in [0.29, 0.717) is 25.5 Å². The highest BCUT2D eigenvalue weighted by atomic mass is 16.5. The van der Waals surface area contributed by atoms with Crippen molar-refractivity contribution in [1.29, 1.82) is 0 Å². The van der Waals surface area contributed by atoms with Crippen LogP contribution in [0.5, 0.6) is 11.5 Å². The minimum absolute atomic E-state index is 0.105. The lowest BCUT2D eigenvalue weighted by molar-refractivity contribution is -0.147. The Morgan fingerprint density at radius 2 is 2.05 bits per heavy atom. The van der Waals surface area contributed by atoms with Crippen molar-refractivity contribution < 1.29 is 19.0 Å². The molecule has 1 aromatic rings. The smallest absolute Gasteiger partial charge is 0.310 e. The molecule has 2 unspecified atom stereocenters. The summed E-state index contributed by atoms with van der Waals surface area (Å²) in [7, 11) is 1.62. The van der Waals surface area contributed by atoms with Crippen molar-refractivity contribution in [2.45, 2.75) is 19.8 Å². The molecule has 0 aliphatic carbocycles. The Balaban J connectivity index is 2.22. The zero-order valence-corrected chi connectivity index (χ0v) is 12.8. The lowest BCUT2D eigenvalue weighted by Gasteiger charge is -2.19. The standard InChI is InChI=1S/C16H23NO4/c1-4-20-14-7-6-11(8-15(14)19-3)12-9-17-10-13(12)16(18)21-5-2/h6-8,12-13,17H,4-5,9-10H2,1-3H3. The molecule has 1 N–H and O–H groups in total. The quantitative estimate of drug-likeness (QED) is 0.813. The molecule has 0 amide bonds. The molecule has 1 saturated heterocycles. The molecule has 116 valence electrons. The first-order valence-electron chi connectivity index (χ1n) is 7.39. The zero-order valence-electron chi connectivity index (χ0n) is 12.8. The van der Waals surface area contributed by atoms with E-state index < -0.39 is 0 Å². The van der Waals surface area contributed by atoms with Gasteiger partial charge in [0, 0.05) is 19.0 Å². The van der Waals surface area contributed by atoms with Gasteiger partial charge in [-0.05, 0) is 31.5 Å². The van der Waals surface area contributed by atoms with Crippen LogP contribution in [0, 0.1) is 5.92 Å². The van der Waals surface area contributed by atoms with Gasteiger partial charge in [-0.25, -0.2) is 0 Å². The predicted octanol–water partition coefficient (Wildman–Crippen LogP) is 1.96. The molecule has 2 atom stereocenters. The summed E-state index contributed by atoms with van der Waals surface area (Å²) in [4.78, 5) is 12.0. The van der Waals surface area contributed by atoms with Crippen molar-refractivity contribution in [2.75, 3.05) is 33.4 Å². The lowest BCUT2D eigenvalue weighted by atomic mass is 9.89. The van der Waals surface area contributed by atoms with Crippen molar-refractivity contribution >= 4 is 5.97 Å². The van der Waals surface area contributed by atoms with Crippen LogP contribution < -0.4 is 14.8 Å². The summed E-state index contributed by atoms with van der Waals surface area (Å²) in [6.45, 7) is 6.18. The number of ether oxygens (including phenoxy) is 3. The van der Waals surface area contributed by atoms with Crippen molar-refractivity contribution in [2.24, 2.45) is 5.92 Å². The highest BCUT2D eigenvalue weighted by molar-refractivity contribution is 5.74. The summed E-state index contributed by atoms with van der Waals surface area (Å²) >= 11 is 0. The Morgan fingerprint density at radius 3 is 2.71 bits per heavy atom. The predicted molar refractivity (Wildman–Crippen MR) is 79.9 cm³/mol. The van der Waals surface area contributed by atoms with Gasteiger partial charge in [0.2, 0.25) is 0 Å². The van der Waals surface area contributed by atoms with Crippen LogP contribution >= 0.6 is 0 Å². The molecule has 21 heavy (non-hydrogen) atoms. The van der Waals surface area contributed by atoms with Gasteiger partial charge in [0.05, 0.1) is 26.2 Å². The third-order valence-corrected chi connectivity index (χ3v) is 3.72. The number of nitrogens with one attached hydrogen (secondary N) is 1. The molecular weight excluding hydrogens is 270 g/mol. The first kappa shape index (κ1) is 15.6. The first-order valence-corrected chi connectivity index (χ1v) is 7.39. The molecule has 1 fully saturated rings. The van der Waals surface area contributed by atoms with Crippen LogP contribution in [0.2, 0.25) is 0 Å². The third kappa shape index (κ3) is 3.47.